The second-order valence-electron chi connectivity index (χ2n) is 4.85. The second kappa shape index (κ2) is 6.41. The van der Waals surface area contributed by atoms with Gasteiger partial charge in [-0.3, -0.25) is 4.79 Å². The van der Waals surface area contributed by atoms with Gasteiger partial charge < -0.3 is 15.4 Å². The summed E-state index contributed by atoms with van der Waals surface area (Å²) in [5.74, 6) is -0.667. The summed E-state index contributed by atoms with van der Waals surface area (Å²) in [6.45, 7) is 4.64. The third-order valence-electron chi connectivity index (χ3n) is 3.29. The van der Waals surface area contributed by atoms with Gasteiger partial charge in [0.2, 0.25) is 0 Å². The summed E-state index contributed by atoms with van der Waals surface area (Å²) >= 11 is 0. The summed E-state index contributed by atoms with van der Waals surface area (Å²) in [4.78, 5) is 23.6. The van der Waals surface area contributed by atoms with Gasteiger partial charge in [-0.25, -0.2) is 4.79 Å². The zero-order valence-electron chi connectivity index (χ0n) is 11.9. The Labute approximate surface area is 118 Å². The number of hydrogen-bond acceptors (Lipinski definition) is 4. The summed E-state index contributed by atoms with van der Waals surface area (Å²) in [6, 6.07) is 4.92. The van der Waals surface area contributed by atoms with E-state index in [0.717, 1.165) is 30.6 Å². The van der Waals surface area contributed by atoms with Crippen LogP contribution in [-0.4, -0.2) is 31.1 Å². The molecule has 1 heterocycles. The first-order chi connectivity index (χ1) is 9.61. The zero-order valence-corrected chi connectivity index (χ0v) is 11.9. The Kier molecular flexibility index (Phi) is 4.61. The molecule has 1 atom stereocenters. The lowest BCUT2D eigenvalue weighted by Gasteiger charge is -2.19. The molecule has 0 aliphatic carbocycles. The molecule has 0 radical (unpaired) electrons. The lowest BCUT2D eigenvalue weighted by atomic mass is 10.0. The van der Waals surface area contributed by atoms with Crippen LogP contribution >= 0.6 is 0 Å². The molecule has 0 aromatic heterocycles. The molecule has 0 spiro atoms. The molecule has 1 aromatic carbocycles. The minimum Gasteiger partial charge on any atom is -0.464 e. The van der Waals surface area contributed by atoms with Gasteiger partial charge in [-0.05, 0) is 50.5 Å². The number of nitrogens with one attached hydrogen (secondary N) is 2. The van der Waals surface area contributed by atoms with Crippen molar-refractivity contribution in [2.24, 2.45) is 0 Å². The Bertz CT molecular complexity index is 514. The number of benzene rings is 1. The molecular weight excluding hydrogens is 256 g/mol. The van der Waals surface area contributed by atoms with Gasteiger partial charge in [0.05, 0.1) is 6.61 Å². The van der Waals surface area contributed by atoms with E-state index in [0.29, 0.717) is 12.2 Å². The van der Waals surface area contributed by atoms with E-state index >= 15 is 0 Å². The number of amides is 1. The van der Waals surface area contributed by atoms with Crippen LogP contribution in [0.3, 0.4) is 0 Å². The third kappa shape index (κ3) is 3.29. The summed E-state index contributed by atoms with van der Waals surface area (Å²) in [5.41, 5.74) is 2.81. The fraction of sp³-hybridized carbons (Fsp3) is 0.467. The van der Waals surface area contributed by atoms with Gasteiger partial charge >= 0.3 is 5.97 Å². The molecule has 0 saturated carbocycles. The molecular formula is C15H20N2O3. The maximum atomic E-state index is 12.1. The van der Waals surface area contributed by atoms with Gasteiger partial charge in [0.15, 0.2) is 0 Å². The van der Waals surface area contributed by atoms with Gasteiger partial charge in [0.1, 0.15) is 6.04 Å². The van der Waals surface area contributed by atoms with E-state index in [9.17, 15) is 9.59 Å². The first kappa shape index (κ1) is 14.4. The third-order valence-corrected chi connectivity index (χ3v) is 3.29. The van der Waals surface area contributed by atoms with E-state index in [1.54, 1.807) is 19.9 Å². The average molecular weight is 276 g/mol. The van der Waals surface area contributed by atoms with Crippen molar-refractivity contribution in [1.29, 1.82) is 0 Å². The predicted octanol–water partition coefficient (Wildman–Crippen LogP) is 1.73. The minimum absolute atomic E-state index is 0.251. The van der Waals surface area contributed by atoms with Crippen molar-refractivity contribution in [3.8, 4) is 0 Å². The SMILES string of the molecule is CCOC(=O)C(C)NC(=O)c1ccc2c(c1)CCCN2. The number of carbonyl (C=O) groups excluding carboxylic acids is 2. The fourth-order valence-corrected chi connectivity index (χ4v) is 2.22. The molecule has 2 N–H and O–H groups in total. The molecule has 5 nitrogen and oxygen atoms in total. The Morgan fingerprint density at radius 3 is 3.00 bits per heavy atom. The molecule has 1 unspecified atom stereocenters. The molecule has 1 aliphatic heterocycles. The zero-order chi connectivity index (χ0) is 14.5. The van der Waals surface area contributed by atoms with Crippen LogP contribution in [0, 0.1) is 0 Å². The van der Waals surface area contributed by atoms with Crippen LogP contribution in [0.2, 0.25) is 0 Å². The number of ether oxygens (including phenoxy) is 1. The van der Waals surface area contributed by atoms with Crippen LogP contribution < -0.4 is 10.6 Å². The first-order valence-corrected chi connectivity index (χ1v) is 6.96. The van der Waals surface area contributed by atoms with Crippen molar-refractivity contribution in [2.45, 2.75) is 32.7 Å². The highest BCUT2D eigenvalue weighted by Crippen LogP contribution is 2.22. The smallest absolute Gasteiger partial charge is 0.328 e. The van der Waals surface area contributed by atoms with Crippen molar-refractivity contribution in [1.82, 2.24) is 5.32 Å². The molecule has 0 saturated heterocycles. The summed E-state index contributed by atoms with van der Waals surface area (Å²) in [6.07, 6.45) is 2.04. The molecule has 1 aromatic rings. The van der Waals surface area contributed by atoms with Crippen LogP contribution in [0.5, 0.6) is 0 Å². The number of hydrogen-bond donors (Lipinski definition) is 2. The topological polar surface area (TPSA) is 67.4 Å². The Morgan fingerprint density at radius 2 is 2.25 bits per heavy atom. The number of esters is 1. The second-order valence-corrected chi connectivity index (χ2v) is 4.85. The standard InChI is InChI=1S/C15H20N2O3/c1-3-20-15(19)10(2)17-14(18)12-6-7-13-11(9-12)5-4-8-16-13/h6-7,9-10,16H,3-5,8H2,1-2H3,(H,17,18). The average Bonchev–Trinajstić information content (AvgIpc) is 2.46. The maximum Gasteiger partial charge on any atom is 0.328 e. The predicted molar refractivity (Wildman–Crippen MR) is 76.8 cm³/mol. The van der Waals surface area contributed by atoms with Crippen LogP contribution in [0.25, 0.3) is 0 Å². The fourth-order valence-electron chi connectivity index (χ4n) is 2.22. The van der Waals surface area contributed by atoms with E-state index in [2.05, 4.69) is 10.6 Å². The van der Waals surface area contributed by atoms with Gasteiger partial charge in [-0.2, -0.15) is 0 Å². The van der Waals surface area contributed by atoms with Gasteiger partial charge in [0, 0.05) is 17.8 Å². The summed E-state index contributed by atoms with van der Waals surface area (Å²) in [7, 11) is 0. The van der Waals surface area contributed by atoms with E-state index in [-0.39, 0.29) is 5.91 Å². The van der Waals surface area contributed by atoms with E-state index < -0.39 is 12.0 Å². The van der Waals surface area contributed by atoms with Crippen molar-refractivity contribution < 1.29 is 14.3 Å². The van der Waals surface area contributed by atoms with Crippen LogP contribution in [0.1, 0.15) is 36.2 Å². The van der Waals surface area contributed by atoms with E-state index in [1.807, 2.05) is 12.1 Å². The molecule has 1 amide bonds. The number of rotatable bonds is 4. The van der Waals surface area contributed by atoms with Crippen molar-refractivity contribution in [3.05, 3.63) is 29.3 Å². The molecule has 1 aliphatic rings. The van der Waals surface area contributed by atoms with Crippen molar-refractivity contribution in [3.63, 3.8) is 0 Å². The molecule has 108 valence electrons. The lowest BCUT2D eigenvalue weighted by Crippen LogP contribution is -2.39. The number of anilines is 1. The molecule has 0 bridgehead atoms. The Morgan fingerprint density at radius 1 is 1.45 bits per heavy atom. The number of fused-ring (bicyclic) bond motifs is 1. The van der Waals surface area contributed by atoms with Gasteiger partial charge in [-0.15, -0.1) is 0 Å². The van der Waals surface area contributed by atoms with Crippen molar-refractivity contribution >= 4 is 17.6 Å². The normalized spacial score (nSPS) is 14.7. The highest BCUT2D eigenvalue weighted by molar-refractivity contribution is 5.97. The molecule has 20 heavy (non-hydrogen) atoms. The van der Waals surface area contributed by atoms with Crippen LogP contribution in [0.4, 0.5) is 5.69 Å². The summed E-state index contributed by atoms with van der Waals surface area (Å²) in [5, 5.41) is 5.95. The monoisotopic (exact) mass is 276 g/mol. The van der Waals surface area contributed by atoms with Gasteiger partial charge in [-0.1, -0.05) is 0 Å². The quantitative estimate of drug-likeness (QED) is 0.822. The lowest BCUT2D eigenvalue weighted by molar-refractivity contribution is -0.144. The maximum absolute atomic E-state index is 12.1. The highest BCUT2D eigenvalue weighted by atomic mass is 16.5. The minimum atomic E-state index is -0.642. The van der Waals surface area contributed by atoms with E-state index in [4.69, 9.17) is 4.74 Å². The van der Waals surface area contributed by atoms with Crippen LogP contribution in [0.15, 0.2) is 18.2 Å². The molecule has 5 heteroatoms. The molecule has 0 fully saturated rings. The Balaban J connectivity index is 2.04. The molecule has 2 rings (SSSR count). The highest BCUT2D eigenvalue weighted by Gasteiger charge is 2.18. The van der Waals surface area contributed by atoms with Crippen molar-refractivity contribution in [2.75, 3.05) is 18.5 Å². The number of aryl methyl sites for hydroxylation is 1. The van der Waals surface area contributed by atoms with Gasteiger partial charge in [0.25, 0.3) is 5.91 Å². The largest absolute Gasteiger partial charge is 0.464 e. The number of carbonyl (C=O) groups is 2. The van der Waals surface area contributed by atoms with E-state index in [1.165, 1.54) is 0 Å². The Hall–Kier alpha value is -2.04. The first-order valence-electron chi connectivity index (χ1n) is 6.96. The summed E-state index contributed by atoms with van der Waals surface area (Å²) < 4.78 is 4.87. The van der Waals surface area contributed by atoms with Crippen LogP contribution in [-0.2, 0) is 16.0 Å².